The van der Waals surface area contributed by atoms with E-state index in [1.165, 1.54) is 22.9 Å². The van der Waals surface area contributed by atoms with Crippen LogP contribution in [0, 0.1) is 22.9 Å². The van der Waals surface area contributed by atoms with E-state index in [1.807, 2.05) is 0 Å². The first kappa shape index (κ1) is 37.1. The van der Waals surface area contributed by atoms with Crippen LogP contribution in [0.3, 0.4) is 0 Å². The van der Waals surface area contributed by atoms with Crippen LogP contribution >= 0.6 is 11.8 Å². The zero-order valence-corrected chi connectivity index (χ0v) is 28.3. The van der Waals surface area contributed by atoms with Crippen molar-refractivity contribution in [1.29, 1.82) is 0 Å². The van der Waals surface area contributed by atoms with Crippen molar-refractivity contribution in [3.05, 3.63) is 35.8 Å². The van der Waals surface area contributed by atoms with Crippen molar-refractivity contribution in [3.8, 4) is 11.3 Å². The molecule has 1 amide bonds. The number of aromatic nitrogens is 3. The molecule has 0 unspecified atom stereocenters. The number of aliphatic hydroxyl groups is 3. The van der Waals surface area contributed by atoms with Gasteiger partial charge in [-0.25, -0.2) is 26.6 Å². The first-order valence-electron chi connectivity index (χ1n) is 16.8. The van der Waals surface area contributed by atoms with Crippen molar-refractivity contribution < 1.29 is 56.3 Å². The second-order valence-corrected chi connectivity index (χ2v) is 15.3. The molecule has 1 aromatic heterocycles. The summed E-state index contributed by atoms with van der Waals surface area (Å²) in [5, 5.41) is 40.5. The Morgan fingerprint density at radius 2 is 1.68 bits per heavy atom. The van der Waals surface area contributed by atoms with Crippen LogP contribution in [0.25, 0.3) is 11.3 Å². The molecular weight excluding hydrogens is 691 g/mol. The van der Waals surface area contributed by atoms with E-state index in [-0.39, 0.29) is 48.4 Å². The lowest BCUT2D eigenvalue weighted by Gasteiger charge is -2.50. The molecular formula is C33H41F5N4O7S. The summed E-state index contributed by atoms with van der Waals surface area (Å²) in [6.07, 6.45) is 0.248. The first-order valence-corrected chi connectivity index (χ1v) is 17.7. The van der Waals surface area contributed by atoms with Crippen LogP contribution in [0.2, 0.25) is 0 Å². The van der Waals surface area contributed by atoms with Gasteiger partial charge in [-0.05, 0) is 56.1 Å². The van der Waals surface area contributed by atoms with Crippen molar-refractivity contribution >= 4 is 23.5 Å². The third-order valence-corrected chi connectivity index (χ3v) is 12.6. The minimum absolute atomic E-state index is 0.0640. The summed E-state index contributed by atoms with van der Waals surface area (Å²) in [6, 6.07) is 0.333. The smallest absolute Gasteiger partial charge is 0.251 e. The van der Waals surface area contributed by atoms with E-state index in [2.05, 4.69) is 10.3 Å². The monoisotopic (exact) mass is 732 g/mol. The summed E-state index contributed by atoms with van der Waals surface area (Å²) in [5.74, 6) is -7.80. The maximum absolute atomic E-state index is 14.2. The number of piperidine rings is 1. The summed E-state index contributed by atoms with van der Waals surface area (Å²) >= 11 is 0.914. The van der Waals surface area contributed by atoms with Crippen LogP contribution in [-0.2, 0) is 19.1 Å². The predicted octanol–water partition coefficient (Wildman–Crippen LogP) is 3.79. The molecule has 0 radical (unpaired) electrons. The predicted molar refractivity (Wildman–Crippen MR) is 168 cm³/mol. The van der Waals surface area contributed by atoms with E-state index in [9.17, 15) is 46.9 Å². The lowest BCUT2D eigenvalue weighted by molar-refractivity contribution is -0.186. The molecule has 2 aromatic rings. The molecule has 1 aromatic carbocycles. The van der Waals surface area contributed by atoms with Gasteiger partial charge in [-0.3, -0.25) is 9.59 Å². The highest BCUT2D eigenvalue weighted by Gasteiger charge is 2.55. The summed E-state index contributed by atoms with van der Waals surface area (Å²) in [7, 11) is 1.32. The molecule has 50 heavy (non-hydrogen) atoms. The molecule has 6 atom stereocenters. The van der Waals surface area contributed by atoms with Gasteiger partial charge in [-0.1, -0.05) is 5.21 Å². The summed E-state index contributed by atoms with van der Waals surface area (Å²) < 4.78 is 82.8. The Hall–Kier alpha value is -2.70. The van der Waals surface area contributed by atoms with Gasteiger partial charge < -0.3 is 29.7 Å². The molecule has 3 N–H and O–H groups in total. The Bertz CT molecular complexity index is 1530. The number of likely N-dealkylation sites (tertiary alicyclic amines) is 1. The molecule has 2 saturated heterocycles. The van der Waals surface area contributed by atoms with Gasteiger partial charge in [-0.15, -0.1) is 16.9 Å². The van der Waals surface area contributed by atoms with E-state index in [0.717, 1.165) is 23.9 Å². The van der Waals surface area contributed by atoms with Gasteiger partial charge in [0.15, 0.2) is 17.5 Å². The number of ketones is 1. The maximum atomic E-state index is 14.2. The fraction of sp³-hybridized carbons (Fsp3) is 0.697. The van der Waals surface area contributed by atoms with Gasteiger partial charge in [0.25, 0.3) is 5.92 Å². The zero-order valence-electron chi connectivity index (χ0n) is 27.5. The normalized spacial score (nSPS) is 30.0. The molecule has 17 heteroatoms. The standard InChI is InChI=1S/C33H41F5N4O7S/c1-48-27-25(42-16-22(39-40-42)18-14-20(34)24(36)21(35)15-18)26(45)23(17-43)49-30(27)50-28(29(46)41-12-10-33(37,38)11-13-41)32(47)8-6-31(7-9-32)4-2-19(44)3-5-31/h14-16,23,25-28,30,43,45,47H,2-13,17H2,1H3/t23-,25+,26+,27-,28-,30+/m1/s1. The van der Waals surface area contributed by atoms with Crippen LogP contribution in [0.1, 0.15) is 70.3 Å². The number of thioether (sulfide) groups is 1. The Kier molecular flexibility index (Phi) is 10.7. The Balaban J connectivity index is 1.30. The highest BCUT2D eigenvalue weighted by atomic mass is 32.2. The Labute approximate surface area is 289 Å². The van der Waals surface area contributed by atoms with Gasteiger partial charge in [0, 0.05) is 51.4 Å². The second-order valence-electron chi connectivity index (χ2n) is 14.1. The number of hydrogen-bond acceptors (Lipinski definition) is 10. The van der Waals surface area contributed by atoms with Crippen molar-refractivity contribution in [1.82, 2.24) is 19.9 Å². The van der Waals surface area contributed by atoms with Crippen molar-refractivity contribution in [3.63, 3.8) is 0 Å². The molecule has 2 saturated carbocycles. The number of benzene rings is 1. The van der Waals surface area contributed by atoms with Crippen LogP contribution in [-0.4, -0.2) is 114 Å². The van der Waals surface area contributed by atoms with Crippen LogP contribution in [0.15, 0.2) is 18.3 Å². The molecule has 1 spiro atoms. The molecule has 2 aliphatic heterocycles. The topological polar surface area (TPSA) is 147 Å². The van der Waals surface area contributed by atoms with Crippen molar-refractivity contribution in [2.45, 2.75) is 111 Å². The van der Waals surface area contributed by atoms with Gasteiger partial charge in [0.2, 0.25) is 5.91 Å². The minimum Gasteiger partial charge on any atom is -0.394 e. The fourth-order valence-corrected chi connectivity index (χ4v) is 9.44. The van der Waals surface area contributed by atoms with Gasteiger partial charge in [0.05, 0.1) is 18.4 Å². The van der Waals surface area contributed by atoms with E-state index in [1.54, 1.807) is 0 Å². The SMILES string of the molecule is CO[C@@H]1[C@@H](n2cc(-c3cc(F)c(F)c(F)c3)nn2)[C@@H](O)[C@@H](CO)O[C@H]1S[C@H](C(=O)N1CCC(F)(F)CC1)C1(O)CCC2(CCC(=O)CC2)CC1. The Morgan fingerprint density at radius 3 is 2.26 bits per heavy atom. The second kappa shape index (κ2) is 14.4. The van der Waals surface area contributed by atoms with Gasteiger partial charge in [0.1, 0.15) is 46.5 Å². The van der Waals surface area contributed by atoms with Crippen LogP contribution in [0.4, 0.5) is 22.0 Å². The number of alkyl halides is 2. The van der Waals surface area contributed by atoms with E-state index < -0.39 is 89.4 Å². The molecule has 276 valence electrons. The lowest BCUT2D eigenvalue weighted by Crippen LogP contribution is -2.59. The molecule has 4 aliphatic rings. The number of halogens is 5. The third kappa shape index (κ3) is 7.31. The summed E-state index contributed by atoms with van der Waals surface area (Å²) in [6.45, 7) is -1.10. The molecule has 3 heterocycles. The number of aliphatic hydroxyl groups excluding tert-OH is 2. The molecule has 4 fully saturated rings. The number of rotatable bonds is 8. The fourth-order valence-electron chi connectivity index (χ4n) is 7.79. The Morgan fingerprint density at radius 1 is 1.06 bits per heavy atom. The quantitative estimate of drug-likeness (QED) is 0.271. The highest BCUT2D eigenvalue weighted by Crippen LogP contribution is 2.53. The van der Waals surface area contributed by atoms with E-state index in [0.29, 0.717) is 38.5 Å². The molecule has 0 bridgehead atoms. The summed E-state index contributed by atoms with van der Waals surface area (Å²) in [5.41, 5.74) is -3.06. The molecule has 11 nitrogen and oxygen atoms in total. The maximum Gasteiger partial charge on any atom is 0.251 e. The number of carbonyl (C=O) groups excluding carboxylic acids is 2. The number of carbonyl (C=O) groups is 2. The summed E-state index contributed by atoms with van der Waals surface area (Å²) in [4.78, 5) is 27.5. The number of methoxy groups -OCH3 is 1. The molecule has 6 rings (SSSR count). The lowest BCUT2D eigenvalue weighted by atomic mass is 9.61. The molecule has 2 aliphatic carbocycles. The van der Waals surface area contributed by atoms with Gasteiger partial charge >= 0.3 is 0 Å². The highest BCUT2D eigenvalue weighted by molar-refractivity contribution is 8.01. The van der Waals surface area contributed by atoms with E-state index >= 15 is 0 Å². The minimum atomic E-state index is -2.92. The van der Waals surface area contributed by atoms with Crippen molar-refractivity contribution in [2.75, 3.05) is 26.8 Å². The average Bonchev–Trinajstić information content (AvgIpc) is 3.58. The van der Waals surface area contributed by atoms with Crippen LogP contribution < -0.4 is 0 Å². The average molecular weight is 733 g/mol. The number of hydrogen-bond donors (Lipinski definition) is 3. The van der Waals surface area contributed by atoms with Crippen LogP contribution in [0.5, 0.6) is 0 Å². The zero-order chi connectivity index (χ0) is 36.0. The number of Topliss-reactive ketones (excluding diaryl/α,β-unsaturated/α-hetero) is 1. The number of ether oxygens (including phenoxy) is 2. The first-order chi connectivity index (χ1) is 23.7. The number of nitrogens with zero attached hydrogens (tertiary/aromatic N) is 4. The third-order valence-electron chi connectivity index (χ3n) is 11.0. The van der Waals surface area contributed by atoms with E-state index in [4.69, 9.17) is 9.47 Å². The number of amides is 1. The largest absolute Gasteiger partial charge is 0.394 e. The van der Waals surface area contributed by atoms with Crippen molar-refractivity contribution in [2.24, 2.45) is 5.41 Å². The van der Waals surface area contributed by atoms with Gasteiger partial charge in [-0.2, -0.15) is 0 Å².